The van der Waals surface area contributed by atoms with Crippen molar-refractivity contribution in [1.82, 2.24) is 9.55 Å². The third-order valence-corrected chi connectivity index (χ3v) is 4.21. The Kier molecular flexibility index (Phi) is 5.18. The van der Waals surface area contributed by atoms with E-state index in [1.54, 1.807) is 24.3 Å². The minimum absolute atomic E-state index is 0.0131. The second-order valence-corrected chi connectivity index (χ2v) is 6.16. The number of carbonyl (C=O) groups is 1. The van der Waals surface area contributed by atoms with Gasteiger partial charge in [0, 0.05) is 13.0 Å². The maximum absolute atomic E-state index is 12.8. The van der Waals surface area contributed by atoms with Crippen LogP contribution >= 0.6 is 11.6 Å². The summed E-state index contributed by atoms with van der Waals surface area (Å²) in [6, 6.07) is 9.45. The molecule has 5 nitrogen and oxygen atoms in total. The summed E-state index contributed by atoms with van der Waals surface area (Å²) in [5.74, 6) is -0.573. The number of hydrogen-bond acceptors (Lipinski definition) is 3. The second-order valence-electron chi connectivity index (χ2n) is 5.75. The van der Waals surface area contributed by atoms with Gasteiger partial charge >= 0.3 is 6.18 Å². The molecule has 2 aromatic carbocycles. The van der Waals surface area contributed by atoms with Crippen molar-refractivity contribution in [2.75, 3.05) is 5.32 Å². The van der Waals surface area contributed by atoms with Crippen LogP contribution in [0, 0.1) is 0 Å². The summed E-state index contributed by atoms with van der Waals surface area (Å²) >= 11 is 5.85. The molecule has 0 aliphatic heterocycles. The van der Waals surface area contributed by atoms with Gasteiger partial charge in [-0.1, -0.05) is 23.7 Å². The lowest BCUT2D eigenvalue weighted by Gasteiger charge is -2.12. The number of rotatable bonds is 4. The number of nitrogens with one attached hydrogen (secondary N) is 1. The fraction of sp³-hybridized carbons (Fsp3) is 0.167. The lowest BCUT2D eigenvalue weighted by molar-refractivity contribution is -0.137. The highest BCUT2D eigenvalue weighted by atomic mass is 35.5. The van der Waals surface area contributed by atoms with Crippen LogP contribution in [0.2, 0.25) is 5.02 Å². The van der Waals surface area contributed by atoms with Gasteiger partial charge in [-0.25, -0.2) is 4.98 Å². The maximum Gasteiger partial charge on any atom is 0.416 e. The van der Waals surface area contributed by atoms with Crippen molar-refractivity contribution < 1.29 is 18.0 Å². The average Bonchev–Trinajstić information content (AvgIpc) is 2.62. The summed E-state index contributed by atoms with van der Waals surface area (Å²) in [5, 5.41) is 2.75. The quantitative estimate of drug-likeness (QED) is 0.723. The number of aryl methyl sites for hydroxylation is 1. The normalized spacial score (nSPS) is 11.6. The molecule has 1 aromatic heterocycles. The molecular formula is C18H13ClF3N3O2. The van der Waals surface area contributed by atoms with E-state index in [0.29, 0.717) is 10.9 Å². The minimum atomic E-state index is -4.55. The molecule has 27 heavy (non-hydrogen) atoms. The molecule has 0 radical (unpaired) electrons. The molecule has 0 atom stereocenters. The van der Waals surface area contributed by atoms with Crippen LogP contribution in [0.25, 0.3) is 10.9 Å². The van der Waals surface area contributed by atoms with Gasteiger partial charge < -0.3 is 5.32 Å². The van der Waals surface area contributed by atoms with Gasteiger partial charge in [0.05, 0.1) is 33.5 Å². The van der Waals surface area contributed by atoms with Crippen molar-refractivity contribution in [1.29, 1.82) is 0 Å². The number of amides is 1. The third kappa shape index (κ3) is 4.28. The van der Waals surface area contributed by atoms with Crippen molar-refractivity contribution in [2.24, 2.45) is 0 Å². The molecule has 0 saturated heterocycles. The maximum atomic E-state index is 12.8. The van der Waals surface area contributed by atoms with Crippen LogP contribution in [0.5, 0.6) is 0 Å². The van der Waals surface area contributed by atoms with Crippen molar-refractivity contribution >= 4 is 34.1 Å². The van der Waals surface area contributed by atoms with E-state index >= 15 is 0 Å². The zero-order chi connectivity index (χ0) is 19.6. The highest BCUT2D eigenvalue weighted by Crippen LogP contribution is 2.33. The van der Waals surface area contributed by atoms with Crippen LogP contribution in [0.15, 0.2) is 53.6 Å². The first-order valence-corrected chi connectivity index (χ1v) is 8.24. The van der Waals surface area contributed by atoms with E-state index in [4.69, 9.17) is 11.6 Å². The number of fused-ring (bicyclic) bond motifs is 1. The monoisotopic (exact) mass is 395 g/mol. The van der Waals surface area contributed by atoms with E-state index in [1.165, 1.54) is 10.9 Å². The van der Waals surface area contributed by atoms with Crippen LogP contribution in [-0.4, -0.2) is 15.5 Å². The standard InChI is InChI=1S/C18H13ClF3N3O2/c19-13-6-5-11(18(20,21)22)9-15(13)24-16(26)7-8-25-10-23-14-4-2-1-3-12(14)17(25)27/h1-6,9-10H,7-8H2,(H,24,26). The summed E-state index contributed by atoms with van der Waals surface area (Å²) in [4.78, 5) is 28.6. The molecule has 0 unspecified atom stereocenters. The highest BCUT2D eigenvalue weighted by molar-refractivity contribution is 6.33. The molecule has 140 valence electrons. The molecule has 3 aromatic rings. The predicted octanol–water partition coefficient (Wildman–Crippen LogP) is 4.10. The molecular weight excluding hydrogens is 383 g/mol. The molecule has 0 aliphatic carbocycles. The molecule has 0 bridgehead atoms. The second kappa shape index (κ2) is 7.40. The molecule has 0 aliphatic rings. The molecule has 0 saturated carbocycles. The van der Waals surface area contributed by atoms with Crippen molar-refractivity contribution in [2.45, 2.75) is 19.1 Å². The molecule has 9 heteroatoms. The Bertz CT molecular complexity index is 1060. The molecule has 1 N–H and O–H groups in total. The minimum Gasteiger partial charge on any atom is -0.325 e. The van der Waals surface area contributed by atoms with E-state index < -0.39 is 17.6 Å². The summed E-state index contributed by atoms with van der Waals surface area (Å²) in [6.07, 6.45) is -3.35. The SMILES string of the molecule is O=C(CCn1cnc2ccccc2c1=O)Nc1cc(C(F)(F)F)ccc1Cl. The Morgan fingerprint density at radius 1 is 1.19 bits per heavy atom. The van der Waals surface area contributed by atoms with E-state index in [2.05, 4.69) is 10.3 Å². The number of para-hydroxylation sites is 1. The first kappa shape index (κ1) is 18.9. The van der Waals surface area contributed by atoms with Gasteiger partial charge in [-0.3, -0.25) is 14.2 Å². The van der Waals surface area contributed by atoms with Gasteiger partial charge in [0.25, 0.3) is 5.56 Å². The molecule has 3 rings (SSSR count). The summed E-state index contributed by atoms with van der Waals surface area (Å²) in [7, 11) is 0. The molecule has 1 heterocycles. The smallest absolute Gasteiger partial charge is 0.325 e. The van der Waals surface area contributed by atoms with Crippen molar-refractivity contribution in [3.63, 3.8) is 0 Å². The first-order valence-electron chi connectivity index (χ1n) is 7.86. The lowest BCUT2D eigenvalue weighted by Crippen LogP contribution is -2.23. The largest absolute Gasteiger partial charge is 0.416 e. The number of anilines is 1. The number of carbonyl (C=O) groups excluding carboxylic acids is 1. The van der Waals surface area contributed by atoms with Gasteiger partial charge in [0.1, 0.15) is 0 Å². The van der Waals surface area contributed by atoms with E-state index in [0.717, 1.165) is 18.2 Å². The number of aromatic nitrogens is 2. The Hall–Kier alpha value is -2.87. The zero-order valence-electron chi connectivity index (χ0n) is 13.8. The van der Waals surface area contributed by atoms with Gasteiger partial charge in [-0.05, 0) is 30.3 Å². The van der Waals surface area contributed by atoms with Crippen LogP contribution in [0.4, 0.5) is 18.9 Å². The van der Waals surface area contributed by atoms with Crippen LogP contribution in [0.1, 0.15) is 12.0 Å². The van der Waals surface area contributed by atoms with Crippen LogP contribution in [0.3, 0.4) is 0 Å². The third-order valence-electron chi connectivity index (χ3n) is 3.88. The lowest BCUT2D eigenvalue weighted by atomic mass is 10.2. The van der Waals surface area contributed by atoms with Crippen molar-refractivity contribution in [3.05, 3.63) is 69.7 Å². The fourth-order valence-electron chi connectivity index (χ4n) is 2.50. The molecule has 0 fully saturated rings. The van der Waals surface area contributed by atoms with Gasteiger partial charge in [-0.15, -0.1) is 0 Å². The first-order chi connectivity index (χ1) is 12.8. The predicted molar refractivity (Wildman–Crippen MR) is 95.7 cm³/mol. The molecule has 0 spiro atoms. The van der Waals surface area contributed by atoms with Gasteiger partial charge in [0.15, 0.2) is 0 Å². The average molecular weight is 396 g/mol. The van der Waals surface area contributed by atoms with Crippen LogP contribution < -0.4 is 10.9 Å². The zero-order valence-corrected chi connectivity index (χ0v) is 14.5. The summed E-state index contributed by atoms with van der Waals surface area (Å²) in [6.45, 7) is 0.0269. The Balaban J connectivity index is 1.72. The number of benzene rings is 2. The Labute approximate surface area is 156 Å². The van der Waals surface area contributed by atoms with E-state index in [-0.39, 0.29) is 29.2 Å². The number of hydrogen-bond donors (Lipinski definition) is 1. The number of halogens is 4. The fourth-order valence-corrected chi connectivity index (χ4v) is 2.66. The number of nitrogens with zero attached hydrogens (tertiary/aromatic N) is 2. The van der Waals surface area contributed by atoms with Gasteiger partial charge in [-0.2, -0.15) is 13.2 Å². The topological polar surface area (TPSA) is 64.0 Å². The summed E-state index contributed by atoms with van der Waals surface area (Å²) in [5.41, 5.74) is -0.818. The molecule has 1 amide bonds. The highest BCUT2D eigenvalue weighted by Gasteiger charge is 2.31. The van der Waals surface area contributed by atoms with Crippen molar-refractivity contribution in [3.8, 4) is 0 Å². The van der Waals surface area contributed by atoms with E-state index in [9.17, 15) is 22.8 Å². The Morgan fingerprint density at radius 3 is 2.67 bits per heavy atom. The summed E-state index contributed by atoms with van der Waals surface area (Å²) < 4.78 is 39.6. The van der Waals surface area contributed by atoms with Crippen LogP contribution in [-0.2, 0) is 17.5 Å². The van der Waals surface area contributed by atoms with Gasteiger partial charge in [0.2, 0.25) is 5.91 Å². The van der Waals surface area contributed by atoms with E-state index in [1.807, 2.05) is 0 Å². The number of alkyl halides is 3. The Morgan fingerprint density at radius 2 is 1.93 bits per heavy atom.